The molecule has 0 atom stereocenters. The van der Waals surface area contributed by atoms with Crippen LogP contribution in [0.15, 0.2) is 15.5 Å². The SMILES string of the molecule is CO/N=C/C1=CSCCS1. The van der Waals surface area contributed by atoms with E-state index < -0.39 is 0 Å². The van der Waals surface area contributed by atoms with Crippen molar-refractivity contribution >= 4 is 29.7 Å². The second kappa shape index (κ2) is 4.68. The molecule has 0 spiro atoms. The van der Waals surface area contributed by atoms with Crippen LogP contribution in [0, 0.1) is 0 Å². The predicted octanol–water partition coefficient (Wildman–Crippen LogP) is 1.94. The number of rotatable bonds is 2. The van der Waals surface area contributed by atoms with Gasteiger partial charge < -0.3 is 4.84 Å². The summed E-state index contributed by atoms with van der Waals surface area (Å²) in [4.78, 5) is 5.74. The summed E-state index contributed by atoms with van der Waals surface area (Å²) in [6.07, 6.45) is 1.75. The zero-order valence-electron chi connectivity index (χ0n) is 5.74. The van der Waals surface area contributed by atoms with Crippen molar-refractivity contribution < 1.29 is 4.84 Å². The Balaban J connectivity index is 2.38. The van der Waals surface area contributed by atoms with Crippen LogP contribution in [0.1, 0.15) is 0 Å². The van der Waals surface area contributed by atoms with Crippen molar-refractivity contribution in [1.29, 1.82) is 0 Å². The van der Waals surface area contributed by atoms with Crippen molar-refractivity contribution in [2.45, 2.75) is 0 Å². The van der Waals surface area contributed by atoms with Gasteiger partial charge in [0.15, 0.2) is 0 Å². The number of hydrogen-bond donors (Lipinski definition) is 0. The Morgan fingerprint density at radius 1 is 1.70 bits per heavy atom. The van der Waals surface area contributed by atoms with Crippen molar-refractivity contribution in [2.24, 2.45) is 5.16 Å². The molecule has 4 heteroatoms. The first-order valence-electron chi connectivity index (χ1n) is 2.94. The van der Waals surface area contributed by atoms with E-state index in [-0.39, 0.29) is 0 Å². The first-order chi connectivity index (χ1) is 4.93. The lowest BCUT2D eigenvalue weighted by Crippen LogP contribution is -1.91. The summed E-state index contributed by atoms with van der Waals surface area (Å²) in [6.45, 7) is 0. The average Bonchev–Trinajstić information content (AvgIpc) is 2.03. The summed E-state index contributed by atoms with van der Waals surface area (Å²) in [5.74, 6) is 2.38. The van der Waals surface area contributed by atoms with Crippen LogP contribution in [0.25, 0.3) is 0 Å². The van der Waals surface area contributed by atoms with Gasteiger partial charge in [0.1, 0.15) is 7.11 Å². The van der Waals surface area contributed by atoms with Gasteiger partial charge in [-0.15, -0.1) is 23.5 Å². The topological polar surface area (TPSA) is 21.6 Å². The van der Waals surface area contributed by atoms with E-state index in [4.69, 9.17) is 0 Å². The second-order valence-electron chi connectivity index (χ2n) is 1.66. The molecule has 0 fully saturated rings. The van der Waals surface area contributed by atoms with Crippen molar-refractivity contribution in [3.8, 4) is 0 Å². The highest BCUT2D eigenvalue weighted by Gasteiger charge is 2.00. The van der Waals surface area contributed by atoms with E-state index in [9.17, 15) is 0 Å². The van der Waals surface area contributed by atoms with E-state index >= 15 is 0 Å². The zero-order valence-corrected chi connectivity index (χ0v) is 7.37. The minimum absolute atomic E-state index is 1.17. The lowest BCUT2D eigenvalue weighted by atomic mass is 10.7. The van der Waals surface area contributed by atoms with Crippen LogP contribution in [0.3, 0.4) is 0 Å². The van der Waals surface area contributed by atoms with Crippen LogP contribution in [-0.4, -0.2) is 24.8 Å². The van der Waals surface area contributed by atoms with Gasteiger partial charge in [-0.2, -0.15) is 0 Å². The summed E-state index contributed by atoms with van der Waals surface area (Å²) >= 11 is 3.64. The Labute approximate surface area is 69.1 Å². The Hall–Kier alpha value is -0.0900. The highest BCUT2D eigenvalue weighted by Crippen LogP contribution is 2.24. The maximum absolute atomic E-state index is 4.55. The first-order valence-corrected chi connectivity index (χ1v) is 4.98. The maximum atomic E-state index is 4.55. The highest BCUT2D eigenvalue weighted by atomic mass is 32.2. The summed E-state index contributed by atoms with van der Waals surface area (Å²) in [5.41, 5.74) is 0. The minimum Gasteiger partial charge on any atom is -0.399 e. The Morgan fingerprint density at radius 2 is 2.60 bits per heavy atom. The van der Waals surface area contributed by atoms with E-state index in [0.29, 0.717) is 0 Å². The fourth-order valence-electron chi connectivity index (χ4n) is 0.555. The number of oxime groups is 1. The molecule has 0 amide bonds. The van der Waals surface area contributed by atoms with E-state index in [2.05, 4.69) is 15.4 Å². The lowest BCUT2D eigenvalue weighted by molar-refractivity contribution is 0.215. The molecule has 56 valence electrons. The molecule has 0 unspecified atom stereocenters. The van der Waals surface area contributed by atoms with Gasteiger partial charge >= 0.3 is 0 Å². The predicted molar refractivity (Wildman–Crippen MR) is 48.5 cm³/mol. The van der Waals surface area contributed by atoms with Gasteiger partial charge in [-0.05, 0) is 5.41 Å². The van der Waals surface area contributed by atoms with Gasteiger partial charge in [0.05, 0.1) is 6.21 Å². The van der Waals surface area contributed by atoms with Gasteiger partial charge in [0.25, 0.3) is 0 Å². The maximum Gasteiger partial charge on any atom is 0.106 e. The van der Waals surface area contributed by atoms with Crippen LogP contribution in [-0.2, 0) is 4.84 Å². The summed E-state index contributed by atoms with van der Waals surface area (Å²) in [6, 6.07) is 0. The van der Waals surface area contributed by atoms with Gasteiger partial charge in [-0.25, -0.2) is 0 Å². The molecule has 1 aliphatic rings. The van der Waals surface area contributed by atoms with Crippen LogP contribution in [0.4, 0.5) is 0 Å². The van der Waals surface area contributed by atoms with Crippen molar-refractivity contribution in [2.75, 3.05) is 18.6 Å². The fourth-order valence-corrected chi connectivity index (χ4v) is 2.45. The summed E-state index contributed by atoms with van der Waals surface area (Å²) < 4.78 is 0. The van der Waals surface area contributed by atoms with Crippen LogP contribution < -0.4 is 0 Å². The smallest absolute Gasteiger partial charge is 0.106 e. The molecule has 0 saturated heterocycles. The van der Waals surface area contributed by atoms with E-state index in [1.54, 1.807) is 13.3 Å². The lowest BCUT2D eigenvalue weighted by Gasteiger charge is -2.05. The fraction of sp³-hybridized carbons (Fsp3) is 0.500. The van der Waals surface area contributed by atoms with Gasteiger partial charge in [0, 0.05) is 16.4 Å². The van der Waals surface area contributed by atoms with Gasteiger partial charge in [-0.3, -0.25) is 0 Å². The van der Waals surface area contributed by atoms with Crippen molar-refractivity contribution in [3.63, 3.8) is 0 Å². The Bertz CT molecular complexity index is 156. The largest absolute Gasteiger partial charge is 0.399 e. The molecule has 0 aromatic rings. The van der Waals surface area contributed by atoms with Crippen molar-refractivity contribution in [3.05, 3.63) is 10.3 Å². The molecule has 0 saturated carbocycles. The molecule has 1 aliphatic heterocycles. The molecule has 10 heavy (non-hydrogen) atoms. The molecular formula is C6H9NOS2. The molecule has 1 rings (SSSR count). The molecule has 0 bridgehead atoms. The molecular weight excluding hydrogens is 166 g/mol. The van der Waals surface area contributed by atoms with E-state index in [0.717, 1.165) is 0 Å². The quantitative estimate of drug-likeness (QED) is 0.473. The molecule has 0 aromatic carbocycles. The Kier molecular flexibility index (Phi) is 3.75. The summed E-state index contributed by atoms with van der Waals surface area (Å²) in [7, 11) is 1.55. The molecule has 0 radical (unpaired) electrons. The monoisotopic (exact) mass is 175 g/mol. The third kappa shape index (κ3) is 2.66. The van der Waals surface area contributed by atoms with Crippen LogP contribution >= 0.6 is 23.5 Å². The number of nitrogens with zero attached hydrogens (tertiary/aromatic N) is 1. The standard InChI is InChI=1S/C6H9NOS2/c1-8-7-4-6-5-9-2-3-10-6/h4-5H,2-3H2,1H3/b7-4+. The third-order valence-corrected chi connectivity index (χ3v) is 3.19. The molecule has 0 N–H and O–H groups in total. The minimum atomic E-state index is 1.17. The van der Waals surface area contributed by atoms with Crippen LogP contribution in [0.5, 0.6) is 0 Å². The third-order valence-electron chi connectivity index (χ3n) is 0.955. The number of hydrogen-bond acceptors (Lipinski definition) is 4. The van der Waals surface area contributed by atoms with E-state index in [1.807, 2.05) is 23.5 Å². The highest BCUT2D eigenvalue weighted by molar-refractivity contribution is 8.09. The number of thioether (sulfide) groups is 2. The summed E-state index contributed by atoms with van der Waals surface area (Å²) in [5, 5.41) is 5.78. The number of allylic oxidation sites excluding steroid dienone is 1. The molecule has 2 nitrogen and oxygen atoms in total. The molecule has 0 aliphatic carbocycles. The van der Waals surface area contributed by atoms with E-state index in [1.165, 1.54) is 16.4 Å². The van der Waals surface area contributed by atoms with Gasteiger partial charge in [0.2, 0.25) is 0 Å². The first kappa shape index (κ1) is 8.01. The van der Waals surface area contributed by atoms with Crippen LogP contribution in [0.2, 0.25) is 0 Å². The normalized spacial score (nSPS) is 19.1. The zero-order chi connectivity index (χ0) is 7.23. The molecule has 0 aromatic heterocycles. The van der Waals surface area contributed by atoms with Crippen molar-refractivity contribution in [1.82, 2.24) is 0 Å². The average molecular weight is 175 g/mol. The second-order valence-corrected chi connectivity index (χ2v) is 3.80. The Morgan fingerprint density at radius 3 is 3.20 bits per heavy atom. The molecule has 1 heterocycles. The van der Waals surface area contributed by atoms with Gasteiger partial charge in [-0.1, -0.05) is 5.16 Å².